The van der Waals surface area contributed by atoms with Crippen LogP contribution in [0.5, 0.6) is 11.5 Å². The van der Waals surface area contributed by atoms with Crippen molar-refractivity contribution in [2.45, 2.75) is 6.04 Å². The van der Waals surface area contributed by atoms with E-state index >= 15 is 0 Å². The van der Waals surface area contributed by atoms with Gasteiger partial charge in [-0.05, 0) is 6.07 Å². The van der Waals surface area contributed by atoms with Crippen molar-refractivity contribution in [1.29, 1.82) is 0 Å². The summed E-state index contributed by atoms with van der Waals surface area (Å²) in [7, 11) is 1.58. The number of methoxy groups -OCH3 is 1. The van der Waals surface area contributed by atoms with Crippen molar-refractivity contribution in [2.24, 2.45) is 5.73 Å². The molecule has 0 amide bonds. The summed E-state index contributed by atoms with van der Waals surface area (Å²) in [6, 6.07) is 8.38. The van der Waals surface area contributed by atoms with E-state index in [0.717, 1.165) is 5.39 Å². The Balaban J connectivity index is 2.68. The Morgan fingerprint density at radius 2 is 2.00 bits per heavy atom. The van der Waals surface area contributed by atoms with E-state index < -0.39 is 6.04 Å². The zero-order valence-corrected chi connectivity index (χ0v) is 9.55. The standard InChI is InChI=1S/C13H15NO3/c1-17-12-4-2-3-9-8(12)5-6-10(13(9)16)11(14)7-15/h2-6,11,15-16H,7,14H2,1H3. The summed E-state index contributed by atoms with van der Waals surface area (Å²) in [6.45, 7) is -0.205. The number of aliphatic hydroxyl groups is 1. The monoisotopic (exact) mass is 233 g/mol. The van der Waals surface area contributed by atoms with Crippen molar-refractivity contribution in [3.8, 4) is 11.5 Å². The highest BCUT2D eigenvalue weighted by atomic mass is 16.5. The van der Waals surface area contributed by atoms with E-state index in [9.17, 15) is 5.11 Å². The molecule has 4 heteroatoms. The number of phenolic OH excluding ortho intramolecular Hbond substituents is 1. The minimum Gasteiger partial charge on any atom is -0.507 e. The van der Waals surface area contributed by atoms with E-state index in [4.69, 9.17) is 15.6 Å². The first-order chi connectivity index (χ1) is 8.19. The lowest BCUT2D eigenvalue weighted by atomic mass is 10.0. The highest BCUT2D eigenvalue weighted by Crippen LogP contribution is 2.35. The van der Waals surface area contributed by atoms with Crippen LogP contribution in [0, 0.1) is 0 Å². The van der Waals surface area contributed by atoms with Gasteiger partial charge in [0, 0.05) is 16.3 Å². The van der Waals surface area contributed by atoms with Crippen molar-refractivity contribution in [3.63, 3.8) is 0 Å². The van der Waals surface area contributed by atoms with Gasteiger partial charge in [0.25, 0.3) is 0 Å². The van der Waals surface area contributed by atoms with E-state index in [-0.39, 0.29) is 12.4 Å². The van der Waals surface area contributed by atoms with Gasteiger partial charge < -0.3 is 20.7 Å². The van der Waals surface area contributed by atoms with Gasteiger partial charge in [-0.1, -0.05) is 24.3 Å². The second-order valence-corrected chi connectivity index (χ2v) is 3.85. The van der Waals surface area contributed by atoms with Gasteiger partial charge in [0.1, 0.15) is 11.5 Å². The summed E-state index contributed by atoms with van der Waals surface area (Å²) in [5.74, 6) is 0.796. The number of benzene rings is 2. The molecule has 1 atom stereocenters. The fourth-order valence-corrected chi connectivity index (χ4v) is 1.91. The molecule has 4 N–H and O–H groups in total. The van der Waals surface area contributed by atoms with Gasteiger partial charge in [0.05, 0.1) is 19.8 Å². The molecule has 2 aromatic rings. The lowest BCUT2D eigenvalue weighted by Crippen LogP contribution is -2.14. The normalized spacial score (nSPS) is 12.6. The van der Waals surface area contributed by atoms with Gasteiger partial charge in [-0.2, -0.15) is 0 Å². The van der Waals surface area contributed by atoms with E-state index in [1.165, 1.54) is 0 Å². The van der Waals surface area contributed by atoms with Crippen LogP contribution in [0.3, 0.4) is 0 Å². The number of aromatic hydroxyl groups is 1. The molecule has 0 saturated carbocycles. The maximum atomic E-state index is 10.1. The van der Waals surface area contributed by atoms with Crippen LogP contribution in [0.2, 0.25) is 0 Å². The molecule has 0 aliphatic carbocycles. The molecule has 1 unspecified atom stereocenters. The third-order valence-electron chi connectivity index (χ3n) is 2.84. The van der Waals surface area contributed by atoms with Gasteiger partial charge in [-0.3, -0.25) is 0 Å². The van der Waals surface area contributed by atoms with Crippen LogP contribution in [-0.2, 0) is 0 Å². The number of nitrogens with two attached hydrogens (primary N) is 1. The first-order valence-electron chi connectivity index (χ1n) is 5.34. The molecular formula is C13H15NO3. The number of aliphatic hydroxyl groups excluding tert-OH is 1. The zero-order chi connectivity index (χ0) is 12.4. The van der Waals surface area contributed by atoms with Gasteiger partial charge in [-0.15, -0.1) is 0 Å². The summed E-state index contributed by atoms with van der Waals surface area (Å²) < 4.78 is 5.22. The fourth-order valence-electron chi connectivity index (χ4n) is 1.91. The molecule has 0 aromatic heterocycles. The molecule has 0 bridgehead atoms. The van der Waals surface area contributed by atoms with Crippen molar-refractivity contribution >= 4 is 10.8 Å². The highest BCUT2D eigenvalue weighted by Gasteiger charge is 2.14. The second kappa shape index (κ2) is 4.61. The number of hydrogen-bond acceptors (Lipinski definition) is 4. The van der Waals surface area contributed by atoms with Crippen molar-refractivity contribution in [2.75, 3.05) is 13.7 Å². The van der Waals surface area contributed by atoms with Crippen molar-refractivity contribution in [1.82, 2.24) is 0 Å². The Morgan fingerprint density at radius 3 is 2.65 bits per heavy atom. The number of hydrogen-bond donors (Lipinski definition) is 3. The molecule has 4 nitrogen and oxygen atoms in total. The van der Waals surface area contributed by atoms with Gasteiger partial charge >= 0.3 is 0 Å². The van der Waals surface area contributed by atoms with Crippen LogP contribution in [-0.4, -0.2) is 23.9 Å². The topological polar surface area (TPSA) is 75.7 Å². The summed E-state index contributed by atoms with van der Waals surface area (Å²) >= 11 is 0. The average molecular weight is 233 g/mol. The molecule has 0 saturated heterocycles. The molecule has 0 aliphatic rings. The molecule has 2 rings (SSSR count). The number of phenols is 1. The number of ether oxygens (including phenoxy) is 1. The van der Waals surface area contributed by atoms with Gasteiger partial charge in [0.15, 0.2) is 0 Å². The highest BCUT2D eigenvalue weighted by molar-refractivity contribution is 5.94. The van der Waals surface area contributed by atoms with Crippen LogP contribution in [0.25, 0.3) is 10.8 Å². The van der Waals surface area contributed by atoms with E-state index in [1.54, 1.807) is 25.3 Å². The minimum absolute atomic E-state index is 0.1000. The quantitative estimate of drug-likeness (QED) is 0.751. The lowest BCUT2D eigenvalue weighted by Gasteiger charge is -2.14. The molecule has 0 spiro atoms. The van der Waals surface area contributed by atoms with E-state index in [2.05, 4.69) is 0 Å². The van der Waals surface area contributed by atoms with Crippen LogP contribution in [0.4, 0.5) is 0 Å². The molecule has 0 heterocycles. The summed E-state index contributed by atoms with van der Waals surface area (Å²) in [4.78, 5) is 0. The SMILES string of the molecule is COc1cccc2c(O)c(C(N)CO)ccc12. The van der Waals surface area contributed by atoms with Crippen molar-refractivity contribution in [3.05, 3.63) is 35.9 Å². The molecular weight excluding hydrogens is 218 g/mol. The van der Waals surface area contributed by atoms with E-state index in [1.807, 2.05) is 12.1 Å². The summed E-state index contributed by atoms with van der Waals surface area (Å²) in [6.07, 6.45) is 0. The largest absolute Gasteiger partial charge is 0.507 e. The van der Waals surface area contributed by atoms with Gasteiger partial charge in [0.2, 0.25) is 0 Å². The minimum atomic E-state index is -0.578. The van der Waals surface area contributed by atoms with Crippen LogP contribution >= 0.6 is 0 Å². The third-order valence-corrected chi connectivity index (χ3v) is 2.84. The zero-order valence-electron chi connectivity index (χ0n) is 9.55. The lowest BCUT2D eigenvalue weighted by molar-refractivity contribution is 0.265. The summed E-state index contributed by atoms with van der Waals surface area (Å²) in [5.41, 5.74) is 6.25. The first kappa shape index (κ1) is 11.7. The number of fused-ring (bicyclic) bond motifs is 1. The van der Waals surface area contributed by atoms with Crippen LogP contribution < -0.4 is 10.5 Å². The predicted octanol–water partition coefficient (Wildman–Crippen LogP) is 1.55. The molecule has 90 valence electrons. The molecule has 0 aliphatic heterocycles. The maximum absolute atomic E-state index is 10.1. The molecule has 0 radical (unpaired) electrons. The summed E-state index contributed by atoms with van der Waals surface area (Å²) in [5, 5.41) is 20.6. The Labute approximate surface area is 99.2 Å². The van der Waals surface area contributed by atoms with Gasteiger partial charge in [-0.25, -0.2) is 0 Å². The molecule has 0 fully saturated rings. The van der Waals surface area contributed by atoms with Crippen molar-refractivity contribution < 1.29 is 14.9 Å². The number of rotatable bonds is 3. The smallest absolute Gasteiger partial charge is 0.128 e. The Hall–Kier alpha value is -1.78. The van der Waals surface area contributed by atoms with E-state index in [0.29, 0.717) is 16.7 Å². The fraction of sp³-hybridized carbons (Fsp3) is 0.231. The second-order valence-electron chi connectivity index (χ2n) is 3.85. The third kappa shape index (κ3) is 1.92. The predicted molar refractivity (Wildman–Crippen MR) is 66.2 cm³/mol. The Bertz CT molecular complexity index is 539. The Kier molecular flexibility index (Phi) is 3.17. The maximum Gasteiger partial charge on any atom is 0.128 e. The Morgan fingerprint density at radius 1 is 1.24 bits per heavy atom. The molecule has 17 heavy (non-hydrogen) atoms. The van der Waals surface area contributed by atoms with Crippen LogP contribution in [0.1, 0.15) is 11.6 Å². The average Bonchev–Trinajstić information content (AvgIpc) is 2.38. The molecule has 2 aromatic carbocycles. The first-order valence-corrected chi connectivity index (χ1v) is 5.34. The van der Waals surface area contributed by atoms with Crippen LogP contribution in [0.15, 0.2) is 30.3 Å².